The Morgan fingerprint density at radius 2 is 2.35 bits per heavy atom. The maximum atomic E-state index is 11.5. The van der Waals surface area contributed by atoms with E-state index in [-0.39, 0.29) is 5.91 Å². The second-order valence-corrected chi connectivity index (χ2v) is 5.14. The SMILES string of the molecule is CC(=O)N1CCc2cc(NCc3cn[nH]c3C)ccc21. The monoisotopic (exact) mass is 270 g/mol. The molecule has 0 atom stereocenters. The first-order valence-corrected chi connectivity index (χ1v) is 6.79. The van der Waals surface area contributed by atoms with E-state index in [1.807, 2.05) is 30.2 Å². The number of nitrogens with zero attached hydrogens (tertiary/aromatic N) is 2. The predicted molar refractivity (Wildman–Crippen MR) is 78.8 cm³/mol. The molecule has 1 aliphatic heterocycles. The molecular weight excluding hydrogens is 252 g/mol. The number of aryl methyl sites for hydroxylation is 1. The lowest BCUT2D eigenvalue weighted by molar-refractivity contribution is -0.116. The molecule has 1 aromatic carbocycles. The molecule has 2 N–H and O–H groups in total. The molecule has 2 aromatic rings. The fraction of sp³-hybridized carbons (Fsp3) is 0.333. The molecule has 20 heavy (non-hydrogen) atoms. The van der Waals surface area contributed by atoms with Gasteiger partial charge < -0.3 is 10.2 Å². The van der Waals surface area contributed by atoms with Gasteiger partial charge in [0.25, 0.3) is 0 Å². The minimum absolute atomic E-state index is 0.110. The van der Waals surface area contributed by atoms with Crippen LogP contribution in [0.3, 0.4) is 0 Å². The topological polar surface area (TPSA) is 61.0 Å². The number of amides is 1. The van der Waals surface area contributed by atoms with Gasteiger partial charge in [-0.3, -0.25) is 9.89 Å². The Kier molecular flexibility index (Phi) is 3.18. The third-order valence-corrected chi connectivity index (χ3v) is 3.77. The molecule has 0 saturated carbocycles. The Morgan fingerprint density at radius 3 is 3.05 bits per heavy atom. The van der Waals surface area contributed by atoms with Gasteiger partial charge in [0, 0.05) is 42.6 Å². The minimum Gasteiger partial charge on any atom is -0.381 e. The van der Waals surface area contributed by atoms with Crippen molar-refractivity contribution in [3.63, 3.8) is 0 Å². The number of aromatic nitrogens is 2. The summed E-state index contributed by atoms with van der Waals surface area (Å²) in [6.07, 6.45) is 2.77. The van der Waals surface area contributed by atoms with E-state index < -0.39 is 0 Å². The van der Waals surface area contributed by atoms with Gasteiger partial charge in [-0.2, -0.15) is 5.10 Å². The van der Waals surface area contributed by atoms with Gasteiger partial charge in [0.2, 0.25) is 5.91 Å². The van der Waals surface area contributed by atoms with Gasteiger partial charge in [0.05, 0.1) is 6.20 Å². The van der Waals surface area contributed by atoms with Crippen molar-refractivity contribution in [2.75, 3.05) is 16.8 Å². The summed E-state index contributed by atoms with van der Waals surface area (Å²) in [5.41, 5.74) is 5.60. The highest BCUT2D eigenvalue weighted by Crippen LogP contribution is 2.30. The van der Waals surface area contributed by atoms with Crippen molar-refractivity contribution in [3.8, 4) is 0 Å². The van der Waals surface area contributed by atoms with Gasteiger partial charge in [0.15, 0.2) is 0 Å². The van der Waals surface area contributed by atoms with Crippen LogP contribution in [0.4, 0.5) is 11.4 Å². The van der Waals surface area contributed by atoms with Crippen LogP contribution < -0.4 is 10.2 Å². The summed E-state index contributed by atoms with van der Waals surface area (Å²) in [5, 5.41) is 10.3. The van der Waals surface area contributed by atoms with Crippen LogP contribution in [0.15, 0.2) is 24.4 Å². The molecule has 1 aliphatic rings. The number of hydrogen-bond acceptors (Lipinski definition) is 3. The van der Waals surface area contributed by atoms with Crippen molar-refractivity contribution < 1.29 is 4.79 Å². The van der Waals surface area contributed by atoms with E-state index in [4.69, 9.17) is 0 Å². The van der Waals surface area contributed by atoms with Crippen LogP contribution in [-0.2, 0) is 17.8 Å². The number of benzene rings is 1. The second-order valence-electron chi connectivity index (χ2n) is 5.14. The highest BCUT2D eigenvalue weighted by molar-refractivity contribution is 5.94. The van der Waals surface area contributed by atoms with Crippen molar-refractivity contribution in [1.29, 1.82) is 0 Å². The van der Waals surface area contributed by atoms with Crippen LogP contribution >= 0.6 is 0 Å². The van der Waals surface area contributed by atoms with E-state index in [0.29, 0.717) is 0 Å². The molecule has 0 bridgehead atoms. The zero-order valence-corrected chi connectivity index (χ0v) is 11.7. The average Bonchev–Trinajstić information content (AvgIpc) is 3.02. The van der Waals surface area contributed by atoms with Crippen molar-refractivity contribution in [1.82, 2.24) is 10.2 Å². The van der Waals surface area contributed by atoms with Gasteiger partial charge in [0.1, 0.15) is 0 Å². The summed E-state index contributed by atoms with van der Waals surface area (Å²) in [6, 6.07) is 6.18. The number of aromatic amines is 1. The Labute approximate surface area is 118 Å². The first-order valence-electron chi connectivity index (χ1n) is 6.79. The lowest BCUT2D eigenvalue weighted by Gasteiger charge is -2.15. The molecule has 0 spiro atoms. The van der Waals surface area contributed by atoms with Crippen LogP contribution in [-0.4, -0.2) is 22.6 Å². The average molecular weight is 270 g/mol. The fourth-order valence-corrected chi connectivity index (χ4v) is 2.59. The van der Waals surface area contributed by atoms with Gasteiger partial charge in [-0.05, 0) is 37.1 Å². The molecule has 0 aliphatic carbocycles. The molecule has 0 saturated heterocycles. The molecule has 0 radical (unpaired) electrons. The van der Waals surface area contributed by atoms with E-state index in [1.165, 1.54) is 5.56 Å². The highest BCUT2D eigenvalue weighted by atomic mass is 16.2. The van der Waals surface area contributed by atoms with E-state index >= 15 is 0 Å². The molecular formula is C15H18N4O. The van der Waals surface area contributed by atoms with E-state index in [2.05, 4.69) is 21.6 Å². The molecule has 1 aromatic heterocycles. The summed E-state index contributed by atoms with van der Waals surface area (Å²) in [5.74, 6) is 0.110. The number of H-pyrrole nitrogens is 1. The normalized spacial score (nSPS) is 13.4. The fourth-order valence-electron chi connectivity index (χ4n) is 2.59. The molecule has 5 heteroatoms. The van der Waals surface area contributed by atoms with Crippen LogP contribution in [0.5, 0.6) is 0 Å². The molecule has 0 unspecified atom stereocenters. The first kappa shape index (κ1) is 12.7. The zero-order valence-electron chi connectivity index (χ0n) is 11.7. The third-order valence-electron chi connectivity index (χ3n) is 3.77. The van der Waals surface area contributed by atoms with Gasteiger partial charge in [-0.1, -0.05) is 0 Å². The molecule has 5 nitrogen and oxygen atoms in total. The number of carbonyl (C=O) groups excluding carboxylic acids is 1. The third kappa shape index (κ3) is 2.27. The van der Waals surface area contributed by atoms with Crippen LogP contribution in [0.2, 0.25) is 0 Å². The quantitative estimate of drug-likeness (QED) is 0.899. The Hall–Kier alpha value is -2.30. The number of anilines is 2. The molecule has 104 valence electrons. The van der Waals surface area contributed by atoms with Gasteiger partial charge in [-0.15, -0.1) is 0 Å². The summed E-state index contributed by atoms with van der Waals surface area (Å²) in [4.78, 5) is 13.3. The molecule has 3 rings (SSSR count). The molecule has 2 heterocycles. The smallest absolute Gasteiger partial charge is 0.223 e. The van der Waals surface area contributed by atoms with Crippen LogP contribution in [0.1, 0.15) is 23.7 Å². The summed E-state index contributed by atoms with van der Waals surface area (Å²) >= 11 is 0. The van der Waals surface area contributed by atoms with Gasteiger partial charge in [-0.25, -0.2) is 0 Å². The van der Waals surface area contributed by atoms with Crippen LogP contribution in [0, 0.1) is 6.92 Å². The minimum atomic E-state index is 0.110. The predicted octanol–water partition coefficient (Wildman–Crippen LogP) is 2.24. The van der Waals surface area contributed by atoms with E-state index in [9.17, 15) is 4.79 Å². The number of nitrogens with one attached hydrogen (secondary N) is 2. The number of hydrogen-bond donors (Lipinski definition) is 2. The van der Waals surface area contributed by atoms with Crippen molar-refractivity contribution >= 4 is 17.3 Å². The Balaban J connectivity index is 1.74. The first-order chi connectivity index (χ1) is 9.65. The van der Waals surface area contributed by atoms with Crippen LogP contribution in [0.25, 0.3) is 0 Å². The standard InChI is InChI=1S/C15H18N4O/c1-10-13(9-17-18-10)8-16-14-3-4-15-12(7-14)5-6-19(15)11(2)20/h3-4,7,9,16H,5-6,8H2,1-2H3,(H,17,18). The summed E-state index contributed by atoms with van der Waals surface area (Å²) in [7, 11) is 0. The second kappa shape index (κ2) is 5.00. The number of rotatable bonds is 3. The van der Waals surface area contributed by atoms with Crippen molar-refractivity contribution in [2.24, 2.45) is 0 Å². The van der Waals surface area contributed by atoms with E-state index in [0.717, 1.165) is 42.1 Å². The lowest BCUT2D eigenvalue weighted by Crippen LogP contribution is -2.25. The summed E-state index contributed by atoms with van der Waals surface area (Å²) < 4.78 is 0. The zero-order chi connectivity index (χ0) is 14.1. The van der Waals surface area contributed by atoms with Crippen molar-refractivity contribution in [3.05, 3.63) is 41.2 Å². The highest BCUT2D eigenvalue weighted by Gasteiger charge is 2.21. The number of carbonyl (C=O) groups is 1. The largest absolute Gasteiger partial charge is 0.381 e. The Bertz CT molecular complexity index is 647. The van der Waals surface area contributed by atoms with E-state index in [1.54, 1.807) is 6.92 Å². The van der Waals surface area contributed by atoms with Gasteiger partial charge >= 0.3 is 0 Å². The van der Waals surface area contributed by atoms with Crippen molar-refractivity contribution in [2.45, 2.75) is 26.8 Å². The Morgan fingerprint density at radius 1 is 1.50 bits per heavy atom. The maximum absolute atomic E-state index is 11.5. The summed E-state index contributed by atoms with van der Waals surface area (Å²) in [6.45, 7) is 5.16. The molecule has 0 fully saturated rings. The maximum Gasteiger partial charge on any atom is 0.223 e. The number of fused-ring (bicyclic) bond motifs is 1. The molecule has 1 amide bonds. The lowest BCUT2D eigenvalue weighted by atomic mass is 10.1.